The van der Waals surface area contributed by atoms with E-state index in [9.17, 15) is 14.3 Å². The third-order valence-electron chi connectivity index (χ3n) is 2.38. The SMILES string of the molecule is COC(=O)CC(O)CN(C)c1ccccc1F. The molecule has 0 bridgehead atoms. The molecule has 1 aromatic rings. The monoisotopic (exact) mass is 241 g/mol. The number of benzene rings is 1. The maximum absolute atomic E-state index is 13.4. The molecule has 94 valence electrons. The van der Waals surface area contributed by atoms with Crippen molar-refractivity contribution in [2.45, 2.75) is 12.5 Å². The Morgan fingerprint density at radius 1 is 1.53 bits per heavy atom. The van der Waals surface area contributed by atoms with Gasteiger partial charge in [0.2, 0.25) is 0 Å². The zero-order valence-corrected chi connectivity index (χ0v) is 9.89. The van der Waals surface area contributed by atoms with Gasteiger partial charge in [-0.2, -0.15) is 0 Å². The van der Waals surface area contributed by atoms with E-state index in [1.54, 1.807) is 30.1 Å². The minimum atomic E-state index is -0.882. The summed E-state index contributed by atoms with van der Waals surface area (Å²) in [6, 6.07) is 6.26. The molecule has 0 aliphatic rings. The molecule has 0 fully saturated rings. The van der Waals surface area contributed by atoms with E-state index in [-0.39, 0.29) is 18.8 Å². The van der Waals surface area contributed by atoms with E-state index in [4.69, 9.17) is 0 Å². The van der Waals surface area contributed by atoms with E-state index in [2.05, 4.69) is 4.74 Å². The number of aliphatic hydroxyl groups is 1. The summed E-state index contributed by atoms with van der Waals surface area (Å²) in [6.45, 7) is 0.163. The lowest BCUT2D eigenvalue weighted by atomic mass is 10.2. The number of anilines is 1. The summed E-state index contributed by atoms with van der Waals surface area (Å²) in [5.41, 5.74) is 0.386. The Morgan fingerprint density at radius 2 is 2.18 bits per heavy atom. The molecule has 1 atom stereocenters. The summed E-state index contributed by atoms with van der Waals surface area (Å²) in [7, 11) is 2.91. The second kappa shape index (κ2) is 6.20. The van der Waals surface area contributed by atoms with E-state index in [1.165, 1.54) is 13.2 Å². The van der Waals surface area contributed by atoms with Crippen LogP contribution in [0.4, 0.5) is 10.1 Å². The molecule has 0 radical (unpaired) electrons. The number of para-hydroxylation sites is 1. The Labute approximate surface area is 99.6 Å². The van der Waals surface area contributed by atoms with Gasteiger partial charge in [-0.15, -0.1) is 0 Å². The smallest absolute Gasteiger partial charge is 0.308 e. The standard InChI is InChI=1S/C12H16FNO3/c1-14(8-9(15)7-12(16)17-2)11-6-4-3-5-10(11)13/h3-6,9,15H,7-8H2,1-2H3. The zero-order valence-electron chi connectivity index (χ0n) is 9.89. The highest BCUT2D eigenvalue weighted by Crippen LogP contribution is 2.17. The molecule has 0 amide bonds. The second-order valence-corrected chi connectivity index (χ2v) is 3.77. The maximum atomic E-state index is 13.4. The van der Waals surface area contributed by atoms with Gasteiger partial charge < -0.3 is 14.7 Å². The predicted octanol–water partition coefficient (Wildman–Crippen LogP) is 1.19. The number of esters is 1. The van der Waals surface area contributed by atoms with Crippen LogP contribution in [0, 0.1) is 5.82 Å². The van der Waals surface area contributed by atoms with E-state index in [0.29, 0.717) is 5.69 Å². The van der Waals surface area contributed by atoms with Crippen molar-refractivity contribution >= 4 is 11.7 Å². The number of likely N-dealkylation sites (N-methyl/N-ethyl adjacent to an activating group) is 1. The minimum absolute atomic E-state index is 0.102. The van der Waals surface area contributed by atoms with Gasteiger partial charge in [0, 0.05) is 13.6 Å². The van der Waals surface area contributed by atoms with Crippen LogP contribution < -0.4 is 4.90 Å². The number of carbonyl (C=O) groups excluding carboxylic acids is 1. The first kappa shape index (κ1) is 13.4. The molecule has 5 heteroatoms. The highest BCUT2D eigenvalue weighted by molar-refractivity contribution is 5.69. The Hall–Kier alpha value is -1.62. The predicted molar refractivity (Wildman–Crippen MR) is 62.3 cm³/mol. The van der Waals surface area contributed by atoms with Gasteiger partial charge in [0.25, 0.3) is 0 Å². The van der Waals surface area contributed by atoms with Gasteiger partial charge in [0.15, 0.2) is 0 Å². The molecule has 1 rings (SSSR count). The van der Waals surface area contributed by atoms with Crippen molar-refractivity contribution in [1.82, 2.24) is 0 Å². The first-order valence-corrected chi connectivity index (χ1v) is 5.25. The van der Waals surface area contributed by atoms with Gasteiger partial charge in [-0.1, -0.05) is 12.1 Å². The highest BCUT2D eigenvalue weighted by Gasteiger charge is 2.15. The van der Waals surface area contributed by atoms with E-state index >= 15 is 0 Å². The third kappa shape index (κ3) is 4.03. The number of carbonyl (C=O) groups is 1. The van der Waals surface area contributed by atoms with Crippen molar-refractivity contribution < 1.29 is 19.0 Å². The quantitative estimate of drug-likeness (QED) is 0.787. The summed E-state index contributed by atoms with van der Waals surface area (Å²) in [4.78, 5) is 12.5. The summed E-state index contributed by atoms with van der Waals surface area (Å²) in [5.74, 6) is -0.847. The lowest BCUT2D eigenvalue weighted by Gasteiger charge is -2.22. The lowest BCUT2D eigenvalue weighted by molar-refractivity contribution is -0.142. The molecule has 0 aliphatic heterocycles. The number of hydrogen-bond acceptors (Lipinski definition) is 4. The van der Waals surface area contributed by atoms with Crippen LogP contribution in [-0.2, 0) is 9.53 Å². The molecule has 17 heavy (non-hydrogen) atoms. The van der Waals surface area contributed by atoms with Crippen LogP contribution in [0.5, 0.6) is 0 Å². The second-order valence-electron chi connectivity index (χ2n) is 3.77. The number of hydrogen-bond donors (Lipinski definition) is 1. The van der Waals surface area contributed by atoms with E-state index in [0.717, 1.165) is 0 Å². The van der Waals surface area contributed by atoms with E-state index in [1.807, 2.05) is 0 Å². The average molecular weight is 241 g/mol. The molecule has 0 aromatic heterocycles. The largest absolute Gasteiger partial charge is 0.469 e. The molecule has 0 saturated carbocycles. The van der Waals surface area contributed by atoms with Gasteiger partial charge >= 0.3 is 5.97 Å². The molecule has 1 unspecified atom stereocenters. The summed E-state index contributed by atoms with van der Waals surface area (Å²) >= 11 is 0. The Morgan fingerprint density at radius 3 is 2.76 bits per heavy atom. The molecular weight excluding hydrogens is 225 g/mol. The normalized spacial score (nSPS) is 12.0. The van der Waals surface area contributed by atoms with Gasteiger partial charge in [0.05, 0.1) is 25.3 Å². The molecule has 0 saturated heterocycles. The van der Waals surface area contributed by atoms with Crippen LogP contribution in [-0.4, -0.2) is 37.9 Å². The summed E-state index contributed by atoms with van der Waals surface area (Å²) < 4.78 is 17.8. The van der Waals surface area contributed by atoms with Gasteiger partial charge in [-0.25, -0.2) is 4.39 Å². The van der Waals surface area contributed by atoms with Crippen LogP contribution >= 0.6 is 0 Å². The van der Waals surface area contributed by atoms with Gasteiger partial charge in [-0.3, -0.25) is 4.79 Å². The fraction of sp³-hybridized carbons (Fsp3) is 0.417. The fourth-order valence-corrected chi connectivity index (χ4v) is 1.52. The van der Waals surface area contributed by atoms with Crippen LogP contribution in [0.2, 0.25) is 0 Å². The molecule has 1 aromatic carbocycles. The third-order valence-corrected chi connectivity index (χ3v) is 2.38. The molecular formula is C12H16FNO3. The van der Waals surface area contributed by atoms with Crippen LogP contribution in [0.3, 0.4) is 0 Å². The van der Waals surface area contributed by atoms with Crippen LogP contribution in [0.1, 0.15) is 6.42 Å². The van der Waals surface area contributed by atoms with Crippen molar-refractivity contribution in [3.63, 3.8) is 0 Å². The molecule has 1 N–H and O–H groups in total. The Balaban J connectivity index is 2.57. The van der Waals surface area contributed by atoms with Crippen molar-refractivity contribution in [3.05, 3.63) is 30.1 Å². The maximum Gasteiger partial charge on any atom is 0.308 e. The highest BCUT2D eigenvalue weighted by atomic mass is 19.1. The number of ether oxygens (including phenoxy) is 1. The molecule has 0 aliphatic carbocycles. The van der Waals surface area contributed by atoms with Crippen molar-refractivity contribution in [3.8, 4) is 0 Å². The number of rotatable bonds is 5. The lowest BCUT2D eigenvalue weighted by Crippen LogP contribution is -2.31. The summed E-state index contributed by atoms with van der Waals surface area (Å²) in [6.07, 6.45) is -0.984. The van der Waals surface area contributed by atoms with Crippen molar-refractivity contribution in [1.29, 1.82) is 0 Å². The van der Waals surface area contributed by atoms with E-state index < -0.39 is 12.1 Å². The van der Waals surface area contributed by atoms with Crippen molar-refractivity contribution in [2.24, 2.45) is 0 Å². The number of aliphatic hydroxyl groups excluding tert-OH is 1. The Bertz CT molecular complexity index is 384. The number of methoxy groups -OCH3 is 1. The minimum Gasteiger partial charge on any atom is -0.469 e. The van der Waals surface area contributed by atoms with Crippen LogP contribution in [0.15, 0.2) is 24.3 Å². The molecule has 0 heterocycles. The zero-order chi connectivity index (χ0) is 12.8. The average Bonchev–Trinajstić information content (AvgIpc) is 2.29. The topological polar surface area (TPSA) is 49.8 Å². The van der Waals surface area contributed by atoms with Gasteiger partial charge in [-0.05, 0) is 12.1 Å². The number of halogens is 1. The van der Waals surface area contributed by atoms with Crippen LogP contribution in [0.25, 0.3) is 0 Å². The molecule has 4 nitrogen and oxygen atoms in total. The summed E-state index contributed by atoms with van der Waals surface area (Å²) in [5, 5.41) is 9.61. The molecule has 0 spiro atoms. The van der Waals surface area contributed by atoms with Gasteiger partial charge in [0.1, 0.15) is 5.82 Å². The first-order valence-electron chi connectivity index (χ1n) is 5.25. The fourth-order valence-electron chi connectivity index (χ4n) is 1.52. The van der Waals surface area contributed by atoms with Crippen molar-refractivity contribution in [2.75, 3.05) is 25.6 Å². The first-order chi connectivity index (χ1) is 8.04. The Kier molecular flexibility index (Phi) is 4.90. The number of nitrogens with zero attached hydrogens (tertiary/aromatic N) is 1.